The number of halogens is 1. The standard InChI is InChI=1S/C18H18ClN5O/c19-14-4-5-16(20-12-14)23-9-7-22(8-10-23)13-15-11-18(25)24-6-2-1-3-17(24)21-15/h1-6,11-12H,7-10,13H2. The van der Waals surface area contributed by atoms with E-state index in [2.05, 4.69) is 19.8 Å². The van der Waals surface area contributed by atoms with Crippen molar-refractivity contribution in [2.24, 2.45) is 0 Å². The molecule has 3 aromatic heterocycles. The van der Waals surface area contributed by atoms with Crippen LogP contribution in [0.5, 0.6) is 0 Å². The maximum atomic E-state index is 12.2. The summed E-state index contributed by atoms with van der Waals surface area (Å²) in [6.45, 7) is 4.27. The average molecular weight is 356 g/mol. The molecule has 0 spiro atoms. The Morgan fingerprint density at radius 1 is 1.08 bits per heavy atom. The third-order valence-electron chi connectivity index (χ3n) is 4.42. The van der Waals surface area contributed by atoms with Crippen LogP contribution in [0.25, 0.3) is 5.65 Å². The lowest BCUT2D eigenvalue weighted by molar-refractivity contribution is 0.246. The molecule has 25 heavy (non-hydrogen) atoms. The summed E-state index contributed by atoms with van der Waals surface area (Å²) in [5, 5.41) is 0.649. The van der Waals surface area contributed by atoms with Gasteiger partial charge in [-0.2, -0.15) is 0 Å². The van der Waals surface area contributed by atoms with Gasteiger partial charge in [-0.15, -0.1) is 0 Å². The summed E-state index contributed by atoms with van der Waals surface area (Å²) < 4.78 is 1.56. The van der Waals surface area contributed by atoms with Crippen LogP contribution in [0.4, 0.5) is 5.82 Å². The summed E-state index contributed by atoms with van der Waals surface area (Å²) in [5.74, 6) is 0.950. The first-order chi connectivity index (χ1) is 12.2. The summed E-state index contributed by atoms with van der Waals surface area (Å²) in [6.07, 6.45) is 3.42. The van der Waals surface area contributed by atoms with Gasteiger partial charge in [0.25, 0.3) is 5.56 Å². The Morgan fingerprint density at radius 3 is 2.68 bits per heavy atom. The van der Waals surface area contributed by atoms with Gasteiger partial charge in [-0.1, -0.05) is 17.7 Å². The molecule has 0 aliphatic carbocycles. The Kier molecular flexibility index (Phi) is 4.38. The third-order valence-corrected chi connectivity index (χ3v) is 4.64. The van der Waals surface area contributed by atoms with Crippen LogP contribution in [0.15, 0.2) is 53.6 Å². The molecule has 6 nitrogen and oxygen atoms in total. The highest BCUT2D eigenvalue weighted by atomic mass is 35.5. The van der Waals surface area contributed by atoms with Crippen molar-refractivity contribution in [3.05, 3.63) is 69.9 Å². The van der Waals surface area contributed by atoms with Gasteiger partial charge in [-0.05, 0) is 24.3 Å². The average Bonchev–Trinajstić information content (AvgIpc) is 2.63. The highest BCUT2D eigenvalue weighted by Crippen LogP contribution is 2.16. The van der Waals surface area contributed by atoms with Crippen LogP contribution in [-0.4, -0.2) is 45.4 Å². The number of aromatic nitrogens is 3. The molecule has 0 saturated carbocycles. The molecule has 0 bridgehead atoms. The van der Waals surface area contributed by atoms with E-state index in [1.54, 1.807) is 22.9 Å². The third kappa shape index (κ3) is 3.50. The second kappa shape index (κ2) is 6.82. The number of piperazine rings is 1. The van der Waals surface area contributed by atoms with Gasteiger partial charge in [0, 0.05) is 51.2 Å². The summed E-state index contributed by atoms with van der Waals surface area (Å²) >= 11 is 5.89. The van der Waals surface area contributed by atoms with Crippen LogP contribution in [-0.2, 0) is 6.54 Å². The lowest BCUT2D eigenvalue weighted by atomic mass is 10.2. The second-order valence-corrected chi connectivity index (χ2v) is 6.55. The SMILES string of the molecule is O=c1cc(CN2CCN(c3ccc(Cl)cn3)CC2)nc2ccccn12. The van der Waals surface area contributed by atoms with Gasteiger partial charge in [0.2, 0.25) is 0 Å². The zero-order valence-corrected chi connectivity index (χ0v) is 14.4. The largest absolute Gasteiger partial charge is 0.354 e. The lowest BCUT2D eigenvalue weighted by Gasteiger charge is -2.35. The van der Waals surface area contributed by atoms with Gasteiger partial charge >= 0.3 is 0 Å². The Hall–Kier alpha value is -2.44. The summed E-state index contributed by atoms with van der Waals surface area (Å²) in [4.78, 5) is 25.7. The van der Waals surface area contributed by atoms with E-state index in [1.807, 2.05) is 30.3 Å². The zero-order chi connectivity index (χ0) is 17.2. The van der Waals surface area contributed by atoms with Crippen LogP contribution >= 0.6 is 11.6 Å². The number of nitrogens with zero attached hydrogens (tertiary/aromatic N) is 5. The number of fused-ring (bicyclic) bond motifs is 1. The molecule has 1 aliphatic heterocycles. The Morgan fingerprint density at radius 2 is 1.92 bits per heavy atom. The number of hydrogen-bond acceptors (Lipinski definition) is 5. The van der Waals surface area contributed by atoms with Gasteiger partial charge in [0.15, 0.2) is 0 Å². The number of rotatable bonds is 3. The second-order valence-electron chi connectivity index (χ2n) is 6.11. The molecule has 1 saturated heterocycles. The van der Waals surface area contributed by atoms with Gasteiger partial charge in [0.05, 0.1) is 10.7 Å². The van der Waals surface area contributed by atoms with Crippen molar-refractivity contribution < 1.29 is 0 Å². The number of pyridine rings is 2. The molecule has 4 rings (SSSR count). The van der Waals surface area contributed by atoms with E-state index >= 15 is 0 Å². The maximum Gasteiger partial charge on any atom is 0.258 e. The normalized spacial score (nSPS) is 15.6. The van der Waals surface area contributed by atoms with E-state index in [1.165, 1.54) is 0 Å². The molecule has 1 fully saturated rings. The van der Waals surface area contributed by atoms with Crippen molar-refractivity contribution in [2.75, 3.05) is 31.1 Å². The minimum atomic E-state index is -0.0374. The minimum absolute atomic E-state index is 0.0374. The molecule has 7 heteroatoms. The van der Waals surface area contributed by atoms with Crippen LogP contribution in [0.3, 0.4) is 0 Å². The van der Waals surface area contributed by atoms with Gasteiger partial charge in [-0.3, -0.25) is 14.1 Å². The molecular formula is C18H18ClN5O. The molecular weight excluding hydrogens is 338 g/mol. The minimum Gasteiger partial charge on any atom is -0.354 e. The van der Waals surface area contributed by atoms with E-state index in [0.717, 1.165) is 37.7 Å². The fraction of sp³-hybridized carbons (Fsp3) is 0.278. The number of anilines is 1. The Labute approximate surface area is 150 Å². The molecule has 128 valence electrons. The molecule has 0 amide bonds. The van der Waals surface area contributed by atoms with Crippen LogP contribution in [0.1, 0.15) is 5.69 Å². The van der Waals surface area contributed by atoms with Gasteiger partial charge in [-0.25, -0.2) is 9.97 Å². The van der Waals surface area contributed by atoms with Crippen LogP contribution in [0.2, 0.25) is 5.02 Å². The van der Waals surface area contributed by atoms with Crippen molar-refractivity contribution >= 4 is 23.1 Å². The summed E-state index contributed by atoms with van der Waals surface area (Å²) in [6, 6.07) is 11.0. The van der Waals surface area contributed by atoms with E-state index in [0.29, 0.717) is 17.2 Å². The summed E-state index contributed by atoms with van der Waals surface area (Å²) in [7, 11) is 0. The predicted octanol–water partition coefficient (Wildman–Crippen LogP) is 2.07. The Bertz CT molecular complexity index is 932. The highest BCUT2D eigenvalue weighted by molar-refractivity contribution is 6.30. The molecule has 0 atom stereocenters. The van der Waals surface area contributed by atoms with E-state index < -0.39 is 0 Å². The molecule has 0 radical (unpaired) electrons. The van der Waals surface area contributed by atoms with Crippen LogP contribution < -0.4 is 10.5 Å². The van der Waals surface area contributed by atoms with E-state index in [4.69, 9.17) is 11.6 Å². The summed E-state index contributed by atoms with van der Waals surface area (Å²) in [5.41, 5.74) is 1.47. The smallest absolute Gasteiger partial charge is 0.258 e. The van der Waals surface area contributed by atoms with E-state index in [-0.39, 0.29) is 5.56 Å². The van der Waals surface area contributed by atoms with Crippen molar-refractivity contribution in [1.29, 1.82) is 0 Å². The predicted molar refractivity (Wildman–Crippen MR) is 98.2 cm³/mol. The lowest BCUT2D eigenvalue weighted by Crippen LogP contribution is -2.46. The van der Waals surface area contributed by atoms with Gasteiger partial charge in [0.1, 0.15) is 11.5 Å². The quantitative estimate of drug-likeness (QED) is 0.720. The topological polar surface area (TPSA) is 53.7 Å². The van der Waals surface area contributed by atoms with Gasteiger partial charge < -0.3 is 4.90 Å². The van der Waals surface area contributed by atoms with Crippen molar-refractivity contribution in [2.45, 2.75) is 6.54 Å². The van der Waals surface area contributed by atoms with E-state index in [9.17, 15) is 4.79 Å². The molecule has 1 aliphatic rings. The highest BCUT2D eigenvalue weighted by Gasteiger charge is 2.18. The molecule has 3 aromatic rings. The molecule has 0 unspecified atom stereocenters. The van der Waals surface area contributed by atoms with Crippen molar-refractivity contribution in [3.63, 3.8) is 0 Å². The fourth-order valence-corrected chi connectivity index (χ4v) is 3.22. The monoisotopic (exact) mass is 355 g/mol. The molecule has 0 aromatic carbocycles. The zero-order valence-electron chi connectivity index (χ0n) is 13.7. The van der Waals surface area contributed by atoms with Crippen molar-refractivity contribution in [3.8, 4) is 0 Å². The van der Waals surface area contributed by atoms with Crippen molar-refractivity contribution in [1.82, 2.24) is 19.3 Å². The maximum absolute atomic E-state index is 12.2. The first kappa shape index (κ1) is 16.1. The molecule has 0 N–H and O–H groups in total. The first-order valence-electron chi connectivity index (χ1n) is 8.25. The Balaban J connectivity index is 1.43. The fourth-order valence-electron chi connectivity index (χ4n) is 3.10. The first-order valence-corrected chi connectivity index (χ1v) is 8.63. The number of hydrogen-bond donors (Lipinski definition) is 0. The van der Waals surface area contributed by atoms with Crippen LogP contribution in [0, 0.1) is 0 Å². The molecule has 4 heterocycles.